The zero-order chi connectivity index (χ0) is 10.1. The van der Waals surface area contributed by atoms with Crippen LogP contribution in [0.15, 0.2) is 24.3 Å². The van der Waals surface area contributed by atoms with Crippen molar-refractivity contribution < 1.29 is 14.2 Å². The van der Waals surface area contributed by atoms with Gasteiger partial charge >= 0.3 is 0 Å². The summed E-state index contributed by atoms with van der Waals surface area (Å²) < 4.78 is 16.1. The van der Waals surface area contributed by atoms with Crippen LogP contribution >= 0.6 is 0 Å². The standard InChI is InChI=1S/C12H12O3/c1-2-9-6-10(14-7-11-8-15-11)3-4-12(9)13-5-1/h1-4,6,11H,5,7-8H2. The van der Waals surface area contributed by atoms with Crippen molar-refractivity contribution in [3.8, 4) is 11.5 Å². The second-order valence-corrected chi connectivity index (χ2v) is 3.68. The van der Waals surface area contributed by atoms with Crippen molar-refractivity contribution in [3.05, 3.63) is 29.8 Å². The molecule has 0 aromatic heterocycles. The highest BCUT2D eigenvalue weighted by Gasteiger charge is 2.23. The van der Waals surface area contributed by atoms with Crippen LogP contribution in [0.4, 0.5) is 0 Å². The number of benzene rings is 1. The number of hydrogen-bond donors (Lipinski definition) is 0. The fourth-order valence-corrected chi connectivity index (χ4v) is 1.54. The van der Waals surface area contributed by atoms with Gasteiger partial charge in [0.05, 0.1) is 6.61 Å². The number of ether oxygens (including phenoxy) is 3. The Kier molecular flexibility index (Phi) is 2.10. The quantitative estimate of drug-likeness (QED) is 0.704. The van der Waals surface area contributed by atoms with Gasteiger partial charge in [0, 0.05) is 5.56 Å². The molecule has 0 N–H and O–H groups in total. The van der Waals surface area contributed by atoms with Gasteiger partial charge in [-0.1, -0.05) is 6.08 Å². The van der Waals surface area contributed by atoms with Crippen LogP contribution < -0.4 is 9.47 Å². The summed E-state index contributed by atoms with van der Waals surface area (Å²) in [6, 6.07) is 5.87. The van der Waals surface area contributed by atoms with E-state index >= 15 is 0 Å². The predicted molar refractivity (Wildman–Crippen MR) is 56.2 cm³/mol. The molecule has 78 valence electrons. The maximum atomic E-state index is 5.58. The number of rotatable bonds is 3. The van der Waals surface area contributed by atoms with Crippen LogP contribution in [0.1, 0.15) is 5.56 Å². The molecule has 1 unspecified atom stereocenters. The van der Waals surface area contributed by atoms with Crippen molar-refractivity contribution >= 4 is 6.08 Å². The van der Waals surface area contributed by atoms with Gasteiger partial charge in [-0.25, -0.2) is 0 Å². The molecule has 3 nitrogen and oxygen atoms in total. The van der Waals surface area contributed by atoms with E-state index in [2.05, 4.69) is 6.08 Å². The molecule has 3 rings (SSSR count). The first-order valence-corrected chi connectivity index (χ1v) is 5.09. The minimum absolute atomic E-state index is 0.299. The van der Waals surface area contributed by atoms with Crippen LogP contribution in [0.2, 0.25) is 0 Å². The van der Waals surface area contributed by atoms with E-state index in [1.54, 1.807) is 0 Å². The Bertz CT molecular complexity index is 394. The molecule has 2 aliphatic heterocycles. The largest absolute Gasteiger partial charge is 0.491 e. The SMILES string of the molecule is C1=Cc2cc(OCC3CO3)ccc2OC1. The molecule has 0 aliphatic carbocycles. The van der Waals surface area contributed by atoms with Crippen LogP contribution in [-0.4, -0.2) is 25.9 Å². The van der Waals surface area contributed by atoms with E-state index in [-0.39, 0.29) is 0 Å². The van der Waals surface area contributed by atoms with Gasteiger partial charge in [0.2, 0.25) is 0 Å². The van der Waals surface area contributed by atoms with Crippen LogP contribution in [0, 0.1) is 0 Å². The highest BCUT2D eigenvalue weighted by atomic mass is 16.6. The Morgan fingerprint density at radius 3 is 3.20 bits per heavy atom. The van der Waals surface area contributed by atoms with E-state index in [0.717, 1.165) is 23.7 Å². The molecule has 1 aromatic carbocycles. The van der Waals surface area contributed by atoms with E-state index in [9.17, 15) is 0 Å². The van der Waals surface area contributed by atoms with E-state index in [0.29, 0.717) is 19.3 Å². The fraction of sp³-hybridized carbons (Fsp3) is 0.333. The van der Waals surface area contributed by atoms with E-state index in [1.165, 1.54) is 0 Å². The summed E-state index contributed by atoms with van der Waals surface area (Å²) in [7, 11) is 0. The molecule has 0 bridgehead atoms. The molecule has 1 saturated heterocycles. The first-order chi connectivity index (χ1) is 7.42. The van der Waals surface area contributed by atoms with Crippen LogP contribution in [0.3, 0.4) is 0 Å². The first kappa shape index (κ1) is 8.80. The summed E-state index contributed by atoms with van der Waals surface area (Å²) in [4.78, 5) is 0. The molecule has 0 saturated carbocycles. The molecule has 3 heteroatoms. The molecular weight excluding hydrogens is 192 g/mol. The van der Waals surface area contributed by atoms with Crippen molar-refractivity contribution in [2.75, 3.05) is 19.8 Å². The minimum Gasteiger partial charge on any atom is -0.491 e. The summed E-state index contributed by atoms with van der Waals surface area (Å²) in [5.41, 5.74) is 1.08. The summed E-state index contributed by atoms with van der Waals surface area (Å²) in [5, 5.41) is 0. The van der Waals surface area contributed by atoms with Gasteiger partial charge in [-0.2, -0.15) is 0 Å². The highest BCUT2D eigenvalue weighted by molar-refractivity contribution is 5.61. The normalized spacial score (nSPS) is 21.7. The van der Waals surface area contributed by atoms with Gasteiger partial charge < -0.3 is 14.2 Å². The second-order valence-electron chi connectivity index (χ2n) is 3.68. The monoisotopic (exact) mass is 204 g/mol. The predicted octanol–water partition coefficient (Wildman–Crippen LogP) is 1.87. The van der Waals surface area contributed by atoms with Gasteiger partial charge in [-0.15, -0.1) is 0 Å². The lowest BCUT2D eigenvalue weighted by molar-refractivity contribution is 0.262. The molecule has 1 atom stereocenters. The zero-order valence-corrected chi connectivity index (χ0v) is 8.31. The van der Waals surface area contributed by atoms with Crippen LogP contribution in [-0.2, 0) is 4.74 Å². The van der Waals surface area contributed by atoms with E-state index in [1.807, 2.05) is 24.3 Å². The van der Waals surface area contributed by atoms with Gasteiger partial charge in [0.15, 0.2) is 0 Å². The average Bonchev–Trinajstić information content (AvgIpc) is 3.10. The Morgan fingerprint density at radius 1 is 1.40 bits per heavy atom. The fourth-order valence-electron chi connectivity index (χ4n) is 1.54. The van der Waals surface area contributed by atoms with Crippen molar-refractivity contribution in [2.24, 2.45) is 0 Å². The number of epoxide rings is 1. The Hall–Kier alpha value is -1.48. The number of hydrogen-bond acceptors (Lipinski definition) is 3. The summed E-state index contributed by atoms with van der Waals surface area (Å²) in [5.74, 6) is 1.80. The van der Waals surface area contributed by atoms with Crippen LogP contribution in [0.25, 0.3) is 6.08 Å². The molecule has 2 heterocycles. The molecule has 2 aliphatic rings. The number of fused-ring (bicyclic) bond motifs is 1. The summed E-state index contributed by atoms with van der Waals surface area (Å²) in [6.07, 6.45) is 4.35. The van der Waals surface area contributed by atoms with E-state index < -0.39 is 0 Å². The topological polar surface area (TPSA) is 31.0 Å². The smallest absolute Gasteiger partial charge is 0.127 e. The van der Waals surface area contributed by atoms with Gasteiger partial charge in [-0.3, -0.25) is 0 Å². The first-order valence-electron chi connectivity index (χ1n) is 5.09. The Morgan fingerprint density at radius 2 is 2.33 bits per heavy atom. The van der Waals surface area contributed by atoms with Gasteiger partial charge in [0.1, 0.15) is 30.8 Å². The third kappa shape index (κ3) is 1.97. The third-order valence-corrected chi connectivity index (χ3v) is 2.45. The molecule has 0 radical (unpaired) electrons. The third-order valence-electron chi connectivity index (χ3n) is 2.45. The average molecular weight is 204 g/mol. The Balaban J connectivity index is 1.75. The lowest BCUT2D eigenvalue weighted by atomic mass is 10.1. The lowest BCUT2D eigenvalue weighted by Gasteiger charge is -2.13. The lowest BCUT2D eigenvalue weighted by Crippen LogP contribution is -2.05. The Labute approximate surface area is 88.3 Å². The summed E-state index contributed by atoms with van der Waals surface area (Å²) in [6.45, 7) is 2.13. The molecule has 1 fully saturated rings. The molecular formula is C12H12O3. The molecule has 0 amide bonds. The van der Waals surface area contributed by atoms with Gasteiger partial charge in [-0.05, 0) is 24.3 Å². The molecule has 1 aromatic rings. The second kappa shape index (κ2) is 3.59. The van der Waals surface area contributed by atoms with Crippen molar-refractivity contribution in [2.45, 2.75) is 6.10 Å². The van der Waals surface area contributed by atoms with Crippen LogP contribution in [0.5, 0.6) is 11.5 Å². The minimum atomic E-state index is 0.299. The maximum Gasteiger partial charge on any atom is 0.127 e. The zero-order valence-electron chi connectivity index (χ0n) is 8.31. The molecule has 0 spiro atoms. The van der Waals surface area contributed by atoms with Crippen molar-refractivity contribution in [1.29, 1.82) is 0 Å². The maximum absolute atomic E-state index is 5.58. The van der Waals surface area contributed by atoms with Crippen molar-refractivity contribution in [3.63, 3.8) is 0 Å². The van der Waals surface area contributed by atoms with E-state index in [4.69, 9.17) is 14.2 Å². The highest BCUT2D eigenvalue weighted by Crippen LogP contribution is 2.28. The summed E-state index contributed by atoms with van der Waals surface area (Å²) >= 11 is 0. The molecule has 15 heavy (non-hydrogen) atoms. The van der Waals surface area contributed by atoms with Gasteiger partial charge in [0.25, 0.3) is 0 Å². The van der Waals surface area contributed by atoms with Crippen molar-refractivity contribution in [1.82, 2.24) is 0 Å².